The van der Waals surface area contributed by atoms with Crippen molar-refractivity contribution in [2.45, 2.75) is 26.7 Å². The van der Waals surface area contributed by atoms with Gasteiger partial charge in [0.15, 0.2) is 23.3 Å². The van der Waals surface area contributed by atoms with Gasteiger partial charge in [-0.05, 0) is 38.0 Å². The molecule has 0 amide bonds. The molecular formula is C19H30IN5O3. The lowest BCUT2D eigenvalue weighted by Gasteiger charge is -2.22. The number of hydrogen-bond acceptors (Lipinski definition) is 6. The highest BCUT2D eigenvalue weighted by atomic mass is 127. The van der Waals surface area contributed by atoms with Gasteiger partial charge in [0.2, 0.25) is 5.89 Å². The lowest BCUT2D eigenvalue weighted by molar-refractivity contribution is 0.354. The maximum atomic E-state index is 5.37. The fourth-order valence-corrected chi connectivity index (χ4v) is 2.61. The minimum atomic E-state index is 0. The third-order valence-electron chi connectivity index (χ3n) is 4.04. The van der Waals surface area contributed by atoms with Gasteiger partial charge in [-0.2, -0.15) is 4.98 Å². The Labute approximate surface area is 183 Å². The lowest BCUT2D eigenvalue weighted by Crippen LogP contribution is -2.40. The lowest BCUT2D eigenvalue weighted by atomic mass is 10.1. The second-order valence-corrected chi connectivity index (χ2v) is 6.08. The summed E-state index contributed by atoms with van der Waals surface area (Å²) in [5, 5.41) is 7.11. The van der Waals surface area contributed by atoms with Crippen molar-refractivity contribution >= 4 is 29.9 Å². The second kappa shape index (κ2) is 12.4. The quantitative estimate of drug-likeness (QED) is 0.320. The molecule has 1 N–H and O–H groups in total. The van der Waals surface area contributed by atoms with Crippen molar-refractivity contribution in [2.75, 3.05) is 40.9 Å². The summed E-state index contributed by atoms with van der Waals surface area (Å²) in [5.41, 5.74) is 1.18. The fraction of sp³-hybridized carbons (Fsp3) is 0.526. The monoisotopic (exact) mass is 503 g/mol. The topological polar surface area (TPSA) is 85.0 Å². The standard InChI is InChI=1S/C19H29N5O3.HI/c1-6-20-19(21-11-9-18-22-14(2)23-27-18)24(3)12-10-15-7-8-16(25-4)17(13-15)26-5;/h7-8,13H,6,9-12H2,1-5H3,(H,20,21);1H. The minimum absolute atomic E-state index is 0. The van der Waals surface area contributed by atoms with E-state index >= 15 is 0 Å². The van der Waals surface area contributed by atoms with Gasteiger partial charge in [-0.25, -0.2) is 0 Å². The Morgan fingerprint density at radius 2 is 1.96 bits per heavy atom. The maximum absolute atomic E-state index is 5.37. The minimum Gasteiger partial charge on any atom is -0.493 e. The van der Waals surface area contributed by atoms with E-state index in [0.29, 0.717) is 24.7 Å². The van der Waals surface area contributed by atoms with Crippen LogP contribution in [0.5, 0.6) is 11.5 Å². The molecule has 0 saturated carbocycles. The van der Waals surface area contributed by atoms with Crippen molar-refractivity contribution in [1.82, 2.24) is 20.4 Å². The number of hydrogen-bond donors (Lipinski definition) is 1. The van der Waals surface area contributed by atoms with Gasteiger partial charge in [0.1, 0.15) is 0 Å². The fourth-order valence-electron chi connectivity index (χ4n) is 2.61. The molecule has 0 aliphatic rings. The number of rotatable bonds is 9. The van der Waals surface area contributed by atoms with E-state index in [9.17, 15) is 0 Å². The van der Waals surface area contributed by atoms with Crippen LogP contribution in [-0.4, -0.2) is 61.9 Å². The van der Waals surface area contributed by atoms with E-state index in [1.54, 1.807) is 14.2 Å². The van der Waals surface area contributed by atoms with Crippen LogP contribution in [0.1, 0.15) is 24.2 Å². The van der Waals surface area contributed by atoms with Crippen LogP contribution in [0.3, 0.4) is 0 Å². The van der Waals surface area contributed by atoms with E-state index in [4.69, 9.17) is 14.0 Å². The number of nitrogens with zero attached hydrogens (tertiary/aromatic N) is 4. The molecule has 156 valence electrons. The van der Waals surface area contributed by atoms with Crippen molar-refractivity contribution in [1.29, 1.82) is 0 Å². The zero-order valence-corrected chi connectivity index (χ0v) is 19.5. The van der Waals surface area contributed by atoms with Crippen LogP contribution in [0.25, 0.3) is 0 Å². The van der Waals surface area contributed by atoms with E-state index in [-0.39, 0.29) is 24.0 Å². The molecule has 0 radical (unpaired) electrons. The molecule has 1 heterocycles. The Bertz CT molecular complexity index is 751. The van der Waals surface area contributed by atoms with Gasteiger partial charge in [0.25, 0.3) is 0 Å². The zero-order chi connectivity index (χ0) is 19.6. The van der Waals surface area contributed by atoms with Gasteiger partial charge < -0.3 is 24.2 Å². The molecule has 8 nitrogen and oxygen atoms in total. The number of ether oxygens (including phenoxy) is 2. The maximum Gasteiger partial charge on any atom is 0.228 e. The normalized spacial score (nSPS) is 11.0. The van der Waals surface area contributed by atoms with Gasteiger partial charge in [-0.15, -0.1) is 24.0 Å². The predicted molar refractivity (Wildman–Crippen MR) is 120 cm³/mol. The average molecular weight is 503 g/mol. The molecule has 1 aromatic carbocycles. The molecule has 0 fully saturated rings. The van der Waals surface area contributed by atoms with Crippen LogP contribution < -0.4 is 14.8 Å². The predicted octanol–water partition coefficient (Wildman–Crippen LogP) is 2.70. The highest BCUT2D eigenvalue weighted by Crippen LogP contribution is 2.27. The van der Waals surface area contributed by atoms with Crippen LogP contribution in [0.4, 0.5) is 0 Å². The highest BCUT2D eigenvalue weighted by Gasteiger charge is 2.09. The summed E-state index contributed by atoms with van der Waals surface area (Å²) in [7, 11) is 5.31. The molecule has 0 spiro atoms. The van der Waals surface area contributed by atoms with Gasteiger partial charge >= 0.3 is 0 Å². The smallest absolute Gasteiger partial charge is 0.228 e. The highest BCUT2D eigenvalue weighted by molar-refractivity contribution is 14.0. The Morgan fingerprint density at radius 3 is 2.57 bits per heavy atom. The van der Waals surface area contributed by atoms with Gasteiger partial charge in [0.05, 0.1) is 20.8 Å². The van der Waals surface area contributed by atoms with E-state index in [2.05, 4.69) is 38.3 Å². The van der Waals surface area contributed by atoms with Crippen LogP contribution in [0.15, 0.2) is 27.7 Å². The van der Waals surface area contributed by atoms with Crippen molar-refractivity contribution in [3.05, 3.63) is 35.5 Å². The second-order valence-electron chi connectivity index (χ2n) is 6.08. The van der Waals surface area contributed by atoms with Gasteiger partial charge in [-0.3, -0.25) is 4.99 Å². The first-order chi connectivity index (χ1) is 13.1. The van der Waals surface area contributed by atoms with E-state index in [1.165, 1.54) is 5.56 Å². The summed E-state index contributed by atoms with van der Waals surface area (Å²) in [5.74, 6) is 3.59. The number of aliphatic imine (C=N–C) groups is 1. The Kier molecular flexibility index (Phi) is 10.6. The van der Waals surface area contributed by atoms with Crippen molar-refractivity contribution in [3.63, 3.8) is 0 Å². The number of benzene rings is 1. The van der Waals surface area contributed by atoms with Gasteiger partial charge in [0, 0.05) is 26.6 Å². The van der Waals surface area contributed by atoms with Gasteiger partial charge in [-0.1, -0.05) is 11.2 Å². The number of halogens is 1. The summed E-state index contributed by atoms with van der Waals surface area (Å²) in [4.78, 5) is 11.0. The first-order valence-electron chi connectivity index (χ1n) is 9.06. The average Bonchev–Trinajstić information content (AvgIpc) is 3.10. The third-order valence-corrected chi connectivity index (χ3v) is 4.04. The molecule has 28 heavy (non-hydrogen) atoms. The van der Waals surface area contributed by atoms with E-state index in [0.717, 1.165) is 37.0 Å². The first-order valence-corrected chi connectivity index (χ1v) is 9.06. The van der Waals surface area contributed by atoms with Crippen LogP contribution in [0, 0.1) is 6.92 Å². The molecule has 0 saturated heterocycles. The Morgan fingerprint density at radius 1 is 1.21 bits per heavy atom. The number of likely N-dealkylation sites (N-methyl/N-ethyl adjacent to an activating group) is 1. The summed E-state index contributed by atoms with van der Waals surface area (Å²) in [6.45, 7) is 6.08. The molecule has 1 aromatic heterocycles. The molecule has 0 aliphatic heterocycles. The zero-order valence-electron chi connectivity index (χ0n) is 17.2. The number of guanidine groups is 1. The van der Waals surface area contributed by atoms with Crippen LogP contribution >= 0.6 is 24.0 Å². The summed E-state index contributed by atoms with van der Waals surface area (Å²) < 4.78 is 15.8. The Balaban J connectivity index is 0.00000392. The molecular weight excluding hydrogens is 473 g/mol. The molecule has 9 heteroatoms. The number of nitrogens with one attached hydrogen (secondary N) is 1. The van der Waals surface area contributed by atoms with Crippen molar-refractivity contribution in [3.8, 4) is 11.5 Å². The number of aromatic nitrogens is 2. The molecule has 0 unspecified atom stereocenters. The van der Waals surface area contributed by atoms with Crippen LogP contribution in [-0.2, 0) is 12.8 Å². The SMILES string of the molecule is CCNC(=NCCc1nc(C)no1)N(C)CCc1ccc(OC)c(OC)c1.I. The Hall–Kier alpha value is -2.04. The van der Waals surface area contributed by atoms with E-state index < -0.39 is 0 Å². The van der Waals surface area contributed by atoms with E-state index in [1.807, 2.05) is 26.1 Å². The van der Waals surface area contributed by atoms with Crippen molar-refractivity contribution in [2.24, 2.45) is 4.99 Å². The molecule has 0 aliphatic carbocycles. The molecule has 0 atom stereocenters. The molecule has 2 rings (SSSR count). The number of methoxy groups -OCH3 is 2. The number of aryl methyl sites for hydroxylation is 1. The summed E-state index contributed by atoms with van der Waals surface area (Å²) >= 11 is 0. The molecule has 2 aromatic rings. The summed E-state index contributed by atoms with van der Waals surface area (Å²) in [6, 6.07) is 5.99. The first kappa shape index (κ1) is 24.0. The largest absolute Gasteiger partial charge is 0.493 e. The third kappa shape index (κ3) is 7.17. The summed E-state index contributed by atoms with van der Waals surface area (Å²) in [6.07, 6.45) is 1.49. The van der Waals surface area contributed by atoms with Crippen molar-refractivity contribution < 1.29 is 14.0 Å². The van der Waals surface area contributed by atoms with Crippen LogP contribution in [0.2, 0.25) is 0 Å². The molecule has 0 bridgehead atoms.